The summed E-state index contributed by atoms with van der Waals surface area (Å²) < 4.78 is 9.85. The van der Waals surface area contributed by atoms with Gasteiger partial charge in [0.1, 0.15) is 6.61 Å². The predicted molar refractivity (Wildman–Crippen MR) is 74.7 cm³/mol. The first-order valence-electron chi connectivity index (χ1n) is 7.54. The Kier molecular flexibility index (Phi) is 15.9. The van der Waals surface area contributed by atoms with Crippen LogP contribution in [0.4, 0.5) is 0 Å². The number of ether oxygens (including phenoxy) is 2. The molecule has 0 aromatic heterocycles. The Bertz CT molecular complexity index is 160. The summed E-state index contributed by atoms with van der Waals surface area (Å²) >= 11 is 0. The second-order valence-electron chi connectivity index (χ2n) is 4.76. The molecule has 0 N–H and O–H groups in total. The van der Waals surface area contributed by atoms with E-state index < -0.39 is 0 Å². The van der Waals surface area contributed by atoms with Gasteiger partial charge in [-0.25, -0.2) is 0 Å². The summed E-state index contributed by atoms with van der Waals surface area (Å²) in [6.45, 7) is 4.41. The second kappa shape index (κ2) is 16.4. The van der Waals surface area contributed by atoms with Gasteiger partial charge in [-0.05, 0) is 6.42 Å². The van der Waals surface area contributed by atoms with E-state index in [0.717, 1.165) is 13.0 Å². The van der Waals surface area contributed by atoms with Crippen molar-refractivity contribution in [3.8, 4) is 0 Å². The highest BCUT2D eigenvalue weighted by molar-refractivity contribution is 5.36. The summed E-state index contributed by atoms with van der Waals surface area (Å²) in [5, 5.41) is 0. The van der Waals surface area contributed by atoms with E-state index in [1.807, 2.05) is 0 Å². The lowest BCUT2D eigenvalue weighted by atomic mass is 10.1. The Hall–Kier alpha value is -0.570. The van der Waals surface area contributed by atoms with Crippen LogP contribution in [0.3, 0.4) is 0 Å². The molecule has 0 saturated carbocycles. The summed E-state index contributed by atoms with van der Waals surface area (Å²) in [7, 11) is 0. The molecule has 0 spiro atoms. The van der Waals surface area contributed by atoms with Gasteiger partial charge < -0.3 is 9.47 Å². The minimum absolute atomic E-state index is 0.376. The Labute approximate surface area is 112 Å². The molecule has 0 bridgehead atoms. The van der Waals surface area contributed by atoms with Gasteiger partial charge in [-0.3, -0.25) is 4.79 Å². The largest absolute Gasteiger partial charge is 0.465 e. The van der Waals surface area contributed by atoms with Gasteiger partial charge in [0.15, 0.2) is 0 Å². The van der Waals surface area contributed by atoms with Gasteiger partial charge in [0.2, 0.25) is 0 Å². The lowest BCUT2D eigenvalue weighted by Gasteiger charge is -2.04. The third kappa shape index (κ3) is 15.4. The lowest BCUT2D eigenvalue weighted by molar-refractivity contribution is -0.130. The first-order chi connectivity index (χ1) is 8.91. The molecule has 0 aliphatic rings. The Morgan fingerprint density at radius 3 is 1.83 bits per heavy atom. The van der Waals surface area contributed by atoms with Gasteiger partial charge in [-0.15, -0.1) is 0 Å². The van der Waals surface area contributed by atoms with Crippen molar-refractivity contribution in [1.29, 1.82) is 0 Å². The van der Waals surface area contributed by atoms with Crippen LogP contribution in [0.5, 0.6) is 0 Å². The topological polar surface area (TPSA) is 35.5 Å². The molecule has 0 fully saturated rings. The molecule has 0 amide bonds. The zero-order chi connectivity index (χ0) is 13.3. The summed E-state index contributed by atoms with van der Waals surface area (Å²) in [5.74, 6) is 0. The van der Waals surface area contributed by atoms with Crippen molar-refractivity contribution in [3.63, 3.8) is 0 Å². The summed E-state index contributed by atoms with van der Waals surface area (Å²) in [5.41, 5.74) is 0. The molecule has 0 rings (SSSR count). The third-order valence-corrected chi connectivity index (χ3v) is 3.06. The van der Waals surface area contributed by atoms with Crippen molar-refractivity contribution in [2.24, 2.45) is 0 Å². The van der Waals surface area contributed by atoms with Crippen molar-refractivity contribution in [2.75, 3.05) is 19.8 Å². The number of carbonyl (C=O) groups is 1. The van der Waals surface area contributed by atoms with Crippen LogP contribution in [-0.4, -0.2) is 26.3 Å². The molecule has 0 unspecified atom stereocenters. The van der Waals surface area contributed by atoms with Crippen LogP contribution in [0, 0.1) is 0 Å². The highest BCUT2D eigenvalue weighted by Gasteiger charge is 1.93. The molecule has 0 heterocycles. The molecule has 0 atom stereocenters. The second-order valence-corrected chi connectivity index (χ2v) is 4.76. The van der Waals surface area contributed by atoms with E-state index in [1.54, 1.807) is 0 Å². The SMILES string of the molecule is CCCCCCCCCCCCOCCOC=O. The van der Waals surface area contributed by atoms with Crippen LogP contribution < -0.4 is 0 Å². The van der Waals surface area contributed by atoms with E-state index in [-0.39, 0.29) is 0 Å². The van der Waals surface area contributed by atoms with Crippen molar-refractivity contribution < 1.29 is 14.3 Å². The molecule has 3 nitrogen and oxygen atoms in total. The number of unbranched alkanes of at least 4 members (excludes halogenated alkanes) is 9. The Balaban J connectivity index is 2.88. The van der Waals surface area contributed by atoms with Gasteiger partial charge in [0.25, 0.3) is 6.47 Å². The lowest BCUT2D eigenvalue weighted by Crippen LogP contribution is -2.04. The number of carbonyl (C=O) groups excluding carboxylic acids is 1. The van der Waals surface area contributed by atoms with E-state index >= 15 is 0 Å². The fraction of sp³-hybridized carbons (Fsp3) is 0.933. The first-order valence-corrected chi connectivity index (χ1v) is 7.54. The normalized spacial score (nSPS) is 10.5. The summed E-state index contributed by atoms with van der Waals surface area (Å²) in [6, 6.07) is 0. The zero-order valence-corrected chi connectivity index (χ0v) is 12.0. The molecule has 0 aromatic rings. The maximum atomic E-state index is 9.85. The standard InChI is InChI=1S/C15H30O3/c1-2-3-4-5-6-7-8-9-10-11-12-17-13-14-18-15-16/h15H,2-14H2,1H3. The third-order valence-electron chi connectivity index (χ3n) is 3.06. The minimum atomic E-state index is 0.376. The zero-order valence-electron chi connectivity index (χ0n) is 12.0. The van der Waals surface area contributed by atoms with Crippen LogP contribution in [0.15, 0.2) is 0 Å². The minimum Gasteiger partial charge on any atom is -0.465 e. The highest BCUT2D eigenvalue weighted by atomic mass is 16.5. The highest BCUT2D eigenvalue weighted by Crippen LogP contribution is 2.10. The average molecular weight is 258 g/mol. The summed E-state index contributed by atoms with van der Waals surface area (Å²) in [6.07, 6.45) is 13.4. The summed E-state index contributed by atoms with van der Waals surface area (Å²) in [4.78, 5) is 9.85. The Morgan fingerprint density at radius 2 is 1.28 bits per heavy atom. The molecule has 0 radical (unpaired) electrons. The van der Waals surface area contributed by atoms with E-state index in [2.05, 4.69) is 11.7 Å². The molecule has 3 heteroatoms. The van der Waals surface area contributed by atoms with Crippen molar-refractivity contribution in [2.45, 2.75) is 71.1 Å². The fourth-order valence-corrected chi connectivity index (χ4v) is 1.95. The average Bonchev–Trinajstić information content (AvgIpc) is 2.39. The molecule has 0 aromatic carbocycles. The van der Waals surface area contributed by atoms with Crippen LogP contribution in [0.25, 0.3) is 0 Å². The molecular weight excluding hydrogens is 228 g/mol. The molecule has 108 valence electrons. The van der Waals surface area contributed by atoms with Gasteiger partial charge in [0, 0.05) is 6.61 Å². The molecular formula is C15H30O3. The van der Waals surface area contributed by atoms with Crippen LogP contribution >= 0.6 is 0 Å². The molecule has 0 aliphatic heterocycles. The van der Waals surface area contributed by atoms with Gasteiger partial charge in [0.05, 0.1) is 6.61 Å². The number of hydrogen-bond acceptors (Lipinski definition) is 3. The fourth-order valence-electron chi connectivity index (χ4n) is 1.95. The van der Waals surface area contributed by atoms with Crippen molar-refractivity contribution in [1.82, 2.24) is 0 Å². The van der Waals surface area contributed by atoms with Gasteiger partial charge >= 0.3 is 0 Å². The monoisotopic (exact) mass is 258 g/mol. The van der Waals surface area contributed by atoms with Crippen LogP contribution in [-0.2, 0) is 14.3 Å². The smallest absolute Gasteiger partial charge is 0.293 e. The van der Waals surface area contributed by atoms with Gasteiger partial charge in [-0.2, -0.15) is 0 Å². The first kappa shape index (κ1) is 17.4. The van der Waals surface area contributed by atoms with Crippen molar-refractivity contribution >= 4 is 6.47 Å². The van der Waals surface area contributed by atoms with Crippen LogP contribution in [0.2, 0.25) is 0 Å². The maximum Gasteiger partial charge on any atom is 0.293 e. The molecule has 0 aliphatic carbocycles. The number of rotatable bonds is 15. The van der Waals surface area contributed by atoms with E-state index in [0.29, 0.717) is 19.7 Å². The molecule has 18 heavy (non-hydrogen) atoms. The van der Waals surface area contributed by atoms with E-state index in [4.69, 9.17) is 4.74 Å². The van der Waals surface area contributed by atoms with Crippen LogP contribution in [0.1, 0.15) is 71.1 Å². The van der Waals surface area contributed by atoms with Gasteiger partial charge in [-0.1, -0.05) is 64.7 Å². The van der Waals surface area contributed by atoms with Crippen molar-refractivity contribution in [3.05, 3.63) is 0 Å². The Morgan fingerprint density at radius 1 is 0.722 bits per heavy atom. The molecule has 0 saturated heterocycles. The van der Waals surface area contributed by atoms with E-state index in [1.165, 1.54) is 57.8 Å². The quantitative estimate of drug-likeness (QED) is 0.328. The number of hydrogen-bond donors (Lipinski definition) is 0. The maximum absolute atomic E-state index is 9.85. The predicted octanol–water partition coefficient (Wildman–Crippen LogP) is 4.10. The van der Waals surface area contributed by atoms with E-state index in [9.17, 15) is 4.79 Å².